The van der Waals surface area contributed by atoms with E-state index in [1.807, 2.05) is 53.1 Å². The van der Waals surface area contributed by atoms with Crippen LogP contribution in [0.5, 0.6) is 0 Å². The van der Waals surface area contributed by atoms with Gasteiger partial charge in [-0.3, -0.25) is 14.2 Å². The Morgan fingerprint density at radius 2 is 1.84 bits per heavy atom. The van der Waals surface area contributed by atoms with Crippen molar-refractivity contribution in [3.05, 3.63) is 79.0 Å². The molecular weight excluding hydrogens is 392 g/mol. The number of rotatable bonds is 4. The van der Waals surface area contributed by atoms with Crippen LogP contribution in [-0.2, 0) is 4.79 Å². The zero-order valence-corrected chi connectivity index (χ0v) is 16.9. The minimum atomic E-state index is -0.511. The van der Waals surface area contributed by atoms with Crippen molar-refractivity contribution < 1.29 is 14.0 Å². The fraction of sp³-hybridized carbons (Fsp3) is 0.208. The van der Waals surface area contributed by atoms with Crippen LogP contribution < -0.4 is 5.32 Å². The number of piperidine rings is 1. The Bertz CT molecular complexity index is 1210. The summed E-state index contributed by atoms with van der Waals surface area (Å²) in [7, 11) is 0. The maximum atomic E-state index is 13.0. The molecule has 1 N–H and O–H groups in total. The highest BCUT2D eigenvalue weighted by Crippen LogP contribution is 2.23. The Morgan fingerprint density at radius 3 is 2.65 bits per heavy atom. The number of carbonyl (C=O) groups is 2. The Labute approximate surface area is 179 Å². The van der Waals surface area contributed by atoms with E-state index in [1.165, 1.54) is 6.26 Å². The van der Waals surface area contributed by atoms with Crippen molar-refractivity contribution in [2.45, 2.75) is 25.3 Å². The number of hydrogen-bond donors (Lipinski definition) is 1. The smallest absolute Gasteiger partial charge is 0.290 e. The van der Waals surface area contributed by atoms with Crippen LogP contribution in [0, 0.1) is 0 Å². The highest BCUT2D eigenvalue weighted by molar-refractivity contribution is 6.00. The summed E-state index contributed by atoms with van der Waals surface area (Å²) in [6, 6.07) is 18.3. The van der Waals surface area contributed by atoms with Gasteiger partial charge in [-0.1, -0.05) is 12.1 Å². The molecule has 3 heterocycles. The summed E-state index contributed by atoms with van der Waals surface area (Å²) in [5, 5.41) is 2.96. The van der Waals surface area contributed by atoms with Crippen LogP contribution in [0.15, 0.2) is 77.7 Å². The number of fused-ring (bicyclic) bond motifs is 1. The lowest BCUT2D eigenvalue weighted by Gasteiger charge is -2.34. The van der Waals surface area contributed by atoms with Gasteiger partial charge in [-0.05, 0) is 67.8 Å². The highest BCUT2D eigenvalue weighted by atomic mass is 16.3. The first-order chi connectivity index (χ1) is 15.2. The number of likely N-dealkylation sites (tertiary alicyclic amines) is 1. The second kappa shape index (κ2) is 8.10. The first-order valence-electron chi connectivity index (χ1n) is 10.4. The topological polar surface area (TPSA) is 80.4 Å². The lowest BCUT2D eigenvalue weighted by atomic mass is 10.0. The van der Waals surface area contributed by atoms with E-state index < -0.39 is 6.04 Å². The molecule has 7 heteroatoms. The molecular formula is C24H22N4O3. The molecule has 2 aromatic carbocycles. The fourth-order valence-corrected chi connectivity index (χ4v) is 4.08. The molecule has 4 aromatic rings. The summed E-state index contributed by atoms with van der Waals surface area (Å²) in [4.78, 5) is 31.8. The van der Waals surface area contributed by atoms with E-state index in [-0.39, 0.29) is 17.6 Å². The van der Waals surface area contributed by atoms with Crippen LogP contribution in [0.3, 0.4) is 0 Å². The summed E-state index contributed by atoms with van der Waals surface area (Å²) in [5.74, 6) is -0.163. The van der Waals surface area contributed by atoms with E-state index in [4.69, 9.17) is 4.42 Å². The van der Waals surface area contributed by atoms with Crippen LogP contribution in [0.1, 0.15) is 29.8 Å². The molecule has 2 aromatic heterocycles. The van der Waals surface area contributed by atoms with Gasteiger partial charge in [-0.25, -0.2) is 4.98 Å². The molecule has 1 unspecified atom stereocenters. The third-order valence-electron chi connectivity index (χ3n) is 5.66. The number of carbonyl (C=O) groups excluding carboxylic acids is 2. The van der Waals surface area contributed by atoms with Gasteiger partial charge in [0.15, 0.2) is 5.76 Å². The first kappa shape index (κ1) is 19.1. The van der Waals surface area contributed by atoms with Gasteiger partial charge in [0.2, 0.25) is 5.91 Å². The zero-order valence-electron chi connectivity index (χ0n) is 16.9. The Balaban J connectivity index is 1.32. The number of hydrogen-bond acceptors (Lipinski definition) is 4. The van der Waals surface area contributed by atoms with Crippen molar-refractivity contribution in [3.63, 3.8) is 0 Å². The molecule has 7 nitrogen and oxygen atoms in total. The lowest BCUT2D eigenvalue weighted by molar-refractivity contribution is -0.121. The summed E-state index contributed by atoms with van der Waals surface area (Å²) < 4.78 is 7.25. The number of para-hydroxylation sites is 2. The lowest BCUT2D eigenvalue weighted by Crippen LogP contribution is -2.49. The second-order valence-electron chi connectivity index (χ2n) is 7.63. The number of nitrogens with one attached hydrogen (secondary N) is 1. The molecule has 0 radical (unpaired) electrons. The van der Waals surface area contributed by atoms with Crippen molar-refractivity contribution in [1.82, 2.24) is 14.5 Å². The number of aromatic nitrogens is 2. The molecule has 2 amide bonds. The van der Waals surface area contributed by atoms with Gasteiger partial charge in [-0.15, -0.1) is 0 Å². The third-order valence-corrected chi connectivity index (χ3v) is 5.66. The van der Waals surface area contributed by atoms with E-state index in [0.29, 0.717) is 18.7 Å². The Hall–Kier alpha value is -3.87. The Morgan fingerprint density at radius 1 is 1.00 bits per heavy atom. The number of benzene rings is 2. The molecule has 0 saturated carbocycles. The number of furan rings is 1. The molecule has 1 atom stereocenters. The first-order valence-corrected chi connectivity index (χ1v) is 10.4. The summed E-state index contributed by atoms with van der Waals surface area (Å²) in [6.45, 7) is 0.546. The van der Waals surface area contributed by atoms with Gasteiger partial charge < -0.3 is 14.6 Å². The maximum Gasteiger partial charge on any atom is 0.290 e. The van der Waals surface area contributed by atoms with Crippen LogP contribution in [-0.4, -0.2) is 38.9 Å². The zero-order chi connectivity index (χ0) is 21.2. The average Bonchev–Trinajstić information content (AvgIpc) is 3.50. The third kappa shape index (κ3) is 3.70. The van der Waals surface area contributed by atoms with E-state index in [0.717, 1.165) is 29.6 Å². The largest absolute Gasteiger partial charge is 0.459 e. The normalized spacial score (nSPS) is 16.4. The van der Waals surface area contributed by atoms with Gasteiger partial charge in [-0.2, -0.15) is 0 Å². The van der Waals surface area contributed by atoms with Gasteiger partial charge in [0.25, 0.3) is 5.91 Å². The van der Waals surface area contributed by atoms with Crippen molar-refractivity contribution in [2.24, 2.45) is 0 Å². The minimum absolute atomic E-state index is 0.180. The van der Waals surface area contributed by atoms with Gasteiger partial charge in [0.1, 0.15) is 12.4 Å². The summed E-state index contributed by atoms with van der Waals surface area (Å²) >= 11 is 0. The predicted molar refractivity (Wildman–Crippen MR) is 117 cm³/mol. The van der Waals surface area contributed by atoms with Crippen molar-refractivity contribution in [3.8, 4) is 5.69 Å². The maximum absolute atomic E-state index is 13.0. The molecule has 0 spiro atoms. The second-order valence-corrected chi connectivity index (χ2v) is 7.63. The van der Waals surface area contributed by atoms with Crippen LogP contribution in [0.4, 0.5) is 5.69 Å². The minimum Gasteiger partial charge on any atom is -0.459 e. The molecule has 1 aliphatic rings. The van der Waals surface area contributed by atoms with Gasteiger partial charge in [0.05, 0.1) is 17.3 Å². The molecule has 1 aliphatic heterocycles. The molecule has 5 rings (SSSR count). The van der Waals surface area contributed by atoms with Crippen molar-refractivity contribution in [2.75, 3.05) is 11.9 Å². The monoisotopic (exact) mass is 414 g/mol. The fourth-order valence-electron chi connectivity index (χ4n) is 4.08. The number of anilines is 1. The molecule has 0 aliphatic carbocycles. The highest BCUT2D eigenvalue weighted by Gasteiger charge is 2.33. The Kier molecular flexibility index (Phi) is 5.00. The standard InChI is InChI=1S/C24H22N4O3/c29-23(21-8-3-4-14-27(21)24(30)22-9-5-15-31-22)26-17-10-12-18(13-11-17)28-16-25-19-6-1-2-7-20(19)28/h1-2,5-7,9-13,15-16,21H,3-4,8,14H2,(H,26,29). The molecule has 0 bridgehead atoms. The molecule has 156 valence electrons. The molecule has 1 fully saturated rings. The average molecular weight is 414 g/mol. The van der Waals surface area contributed by atoms with Gasteiger partial charge >= 0.3 is 0 Å². The summed E-state index contributed by atoms with van der Waals surface area (Å²) in [6.07, 6.45) is 5.68. The van der Waals surface area contributed by atoms with E-state index in [2.05, 4.69) is 10.3 Å². The summed E-state index contributed by atoms with van der Waals surface area (Å²) in [5.41, 5.74) is 3.60. The number of amides is 2. The molecule has 31 heavy (non-hydrogen) atoms. The van der Waals surface area contributed by atoms with E-state index in [1.54, 1.807) is 23.4 Å². The van der Waals surface area contributed by atoms with E-state index in [9.17, 15) is 9.59 Å². The van der Waals surface area contributed by atoms with Gasteiger partial charge in [0, 0.05) is 17.9 Å². The number of nitrogens with zero attached hydrogens (tertiary/aromatic N) is 3. The SMILES string of the molecule is O=C(Nc1ccc(-n2cnc3ccccc32)cc1)C1CCCCN1C(=O)c1ccco1. The predicted octanol–water partition coefficient (Wildman–Crippen LogP) is 4.25. The van der Waals surface area contributed by atoms with Crippen LogP contribution in [0.2, 0.25) is 0 Å². The van der Waals surface area contributed by atoms with E-state index >= 15 is 0 Å². The van der Waals surface area contributed by atoms with Crippen LogP contribution >= 0.6 is 0 Å². The van der Waals surface area contributed by atoms with Crippen LogP contribution in [0.25, 0.3) is 16.7 Å². The van der Waals surface area contributed by atoms with Crippen molar-refractivity contribution in [1.29, 1.82) is 0 Å². The number of imidazole rings is 1. The van der Waals surface area contributed by atoms with Crippen molar-refractivity contribution >= 4 is 28.5 Å². The molecule has 1 saturated heterocycles. The quantitative estimate of drug-likeness (QED) is 0.541.